The summed E-state index contributed by atoms with van der Waals surface area (Å²) >= 11 is 1.70. The number of fused-ring (bicyclic) bond motifs is 1. The van der Waals surface area contributed by atoms with Gasteiger partial charge in [0.1, 0.15) is 0 Å². The molecule has 0 aromatic carbocycles. The van der Waals surface area contributed by atoms with Gasteiger partial charge in [-0.2, -0.15) is 0 Å². The summed E-state index contributed by atoms with van der Waals surface area (Å²) in [6.45, 7) is 4.46. The van der Waals surface area contributed by atoms with Gasteiger partial charge in [0.15, 0.2) is 0 Å². The molecule has 0 N–H and O–H groups in total. The van der Waals surface area contributed by atoms with E-state index in [2.05, 4.69) is 43.1 Å². The molecule has 1 nitrogen and oxygen atoms in total. The van der Waals surface area contributed by atoms with Crippen LogP contribution in [0.25, 0.3) is 12.2 Å². The lowest BCUT2D eigenvalue weighted by Gasteiger charge is -2.17. The highest BCUT2D eigenvalue weighted by atomic mass is 32.1. The number of thiazole rings is 1. The highest BCUT2D eigenvalue weighted by Gasteiger charge is 2.17. The van der Waals surface area contributed by atoms with Crippen LogP contribution >= 0.6 is 11.3 Å². The molecule has 0 saturated heterocycles. The molecule has 68 valence electrons. The molecule has 0 amide bonds. The summed E-state index contributed by atoms with van der Waals surface area (Å²) in [5.41, 5.74) is 3.22. The molecule has 0 fully saturated rings. The van der Waals surface area contributed by atoms with Crippen molar-refractivity contribution >= 4 is 23.5 Å². The molecule has 0 spiro atoms. The molecule has 1 aliphatic rings. The lowest BCUT2D eigenvalue weighted by molar-refractivity contribution is 0.536. The summed E-state index contributed by atoms with van der Waals surface area (Å²) < 4.78 is 0. The van der Waals surface area contributed by atoms with Crippen LogP contribution in [-0.4, -0.2) is 4.98 Å². The maximum Gasteiger partial charge on any atom is 0.0809 e. The number of nitrogens with zero attached hydrogens (tertiary/aromatic N) is 1. The molecule has 0 saturated carbocycles. The van der Waals surface area contributed by atoms with E-state index in [1.807, 2.05) is 5.51 Å². The number of hydrogen-bond donors (Lipinski definition) is 0. The fourth-order valence-electron chi connectivity index (χ4n) is 1.34. The van der Waals surface area contributed by atoms with Crippen molar-refractivity contribution in [2.24, 2.45) is 5.41 Å². The Morgan fingerprint density at radius 2 is 2.15 bits per heavy atom. The third kappa shape index (κ3) is 1.59. The van der Waals surface area contributed by atoms with Crippen molar-refractivity contribution in [1.82, 2.24) is 4.98 Å². The van der Waals surface area contributed by atoms with Gasteiger partial charge in [-0.15, -0.1) is 11.3 Å². The molecule has 2 rings (SSSR count). The standard InChI is InChI=1S/C11H13NS/c1-3-11(2)6-4-9-10(5-7-11)13-8-12-9/h4-8H,3H2,1-2H3. The molecule has 0 bridgehead atoms. The molecule has 1 heterocycles. The third-order valence-electron chi connectivity index (χ3n) is 2.62. The van der Waals surface area contributed by atoms with Gasteiger partial charge < -0.3 is 0 Å². The summed E-state index contributed by atoms with van der Waals surface area (Å²) in [5, 5.41) is 0. The average Bonchev–Trinajstić information content (AvgIpc) is 2.54. The molecule has 1 unspecified atom stereocenters. The van der Waals surface area contributed by atoms with Crippen LogP contribution in [0, 0.1) is 5.41 Å². The van der Waals surface area contributed by atoms with E-state index in [1.54, 1.807) is 11.3 Å². The van der Waals surface area contributed by atoms with Gasteiger partial charge in [-0.05, 0) is 18.6 Å². The minimum atomic E-state index is 0.209. The molecule has 2 heteroatoms. The zero-order valence-electron chi connectivity index (χ0n) is 7.95. The monoisotopic (exact) mass is 191 g/mol. The second-order valence-corrected chi connectivity index (χ2v) is 4.51. The summed E-state index contributed by atoms with van der Waals surface area (Å²) in [6, 6.07) is 0. The van der Waals surface area contributed by atoms with Gasteiger partial charge in [0.05, 0.1) is 16.1 Å². The Morgan fingerprint density at radius 1 is 1.38 bits per heavy atom. The SMILES string of the molecule is CCC1(C)C=Cc2ncsc2C=C1. The second kappa shape index (κ2) is 3.11. The van der Waals surface area contributed by atoms with E-state index in [-0.39, 0.29) is 5.41 Å². The van der Waals surface area contributed by atoms with Gasteiger partial charge in [0, 0.05) is 5.41 Å². The van der Waals surface area contributed by atoms with Crippen LogP contribution in [0.3, 0.4) is 0 Å². The van der Waals surface area contributed by atoms with E-state index >= 15 is 0 Å². The van der Waals surface area contributed by atoms with E-state index in [0.29, 0.717) is 0 Å². The molecule has 0 aliphatic heterocycles. The van der Waals surface area contributed by atoms with Crippen LogP contribution in [0.1, 0.15) is 30.8 Å². The molecule has 0 radical (unpaired) electrons. The fraction of sp³-hybridized carbons (Fsp3) is 0.364. The smallest absolute Gasteiger partial charge is 0.0809 e. The first-order valence-electron chi connectivity index (χ1n) is 4.55. The van der Waals surface area contributed by atoms with Crippen molar-refractivity contribution in [1.29, 1.82) is 0 Å². The fourth-order valence-corrected chi connectivity index (χ4v) is 2.01. The minimum Gasteiger partial charge on any atom is -0.245 e. The largest absolute Gasteiger partial charge is 0.245 e. The summed E-state index contributed by atoms with van der Waals surface area (Å²) in [5.74, 6) is 0. The Hall–Kier alpha value is -0.890. The summed E-state index contributed by atoms with van der Waals surface area (Å²) in [4.78, 5) is 5.57. The number of hydrogen-bond acceptors (Lipinski definition) is 2. The van der Waals surface area contributed by atoms with Gasteiger partial charge in [0.25, 0.3) is 0 Å². The molecular weight excluding hydrogens is 178 g/mol. The average molecular weight is 191 g/mol. The first kappa shape index (κ1) is 8.70. The summed E-state index contributed by atoms with van der Waals surface area (Å²) in [6.07, 6.45) is 9.98. The number of rotatable bonds is 1. The van der Waals surface area contributed by atoms with E-state index in [9.17, 15) is 0 Å². The van der Waals surface area contributed by atoms with Crippen LogP contribution < -0.4 is 0 Å². The zero-order valence-corrected chi connectivity index (χ0v) is 8.77. The molecule has 1 aromatic rings. The van der Waals surface area contributed by atoms with Crippen LogP contribution in [0.5, 0.6) is 0 Å². The predicted molar refractivity (Wildman–Crippen MR) is 58.6 cm³/mol. The summed E-state index contributed by atoms with van der Waals surface area (Å²) in [7, 11) is 0. The maximum atomic E-state index is 4.30. The molecule has 1 atom stereocenters. The van der Waals surface area contributed by atoms with Crippen molar-refractivity contribution < 1.29 is 0 Å². The highest BCUT2D eigenvalue weighted by molar-refractivity contribution is 7.10. The topological polar surface area (TPSA) is 12.9 Å². The predicted octanol–water partition coefficient (Wildman–Crippen LogP) is 3.60. The molecule has 1 aliphatic carbocycles. The quantitative estimate of drug-likeness (QED) is 0.661. The van der Waals surface area contributed by atoms with E-state index < -0.39 is 0 Å². The Morgan fingerprint density at radius 3 is 2.92 bits per heavy atom. The van der Waals surface area contributed by atoms with Crippen LogP contribution in [-0.2, 0) is 0 Å². The van der Waals surface area contributed by atoms with E-state index in [0.717, 1.165) is 12.1 Å². The van der Waals surface area contributed by atoms with Gasteiger partial charge in [-0.3, -0.25) is 0 Å². The van der Waals surface area contributed by atoms with Crippen LogP contribution in [0.4, 0.5) is 0 Å². The van der Waals surface area contributed by atoms with Gasteiger partial charge in [-0.1, -0.05) is 26.0 Å². The Balaban J connectivity index is 2.43. The normalized spacial score (nSPS) is 25.7. The lowest BCUT2D eigenvalue weighted by atomic mass is 9.87. The number of aromatic nitrogens is 1. The van der Waals surface area contributed by atoms with Crippen LogP contribution in [0.2, 0.25) is 0 Å². The Labute approximate surface area is 82.8 Å². The minimum absolute atomic E-state index is 0.209. The third-order valence-corrected chi connectivity index (χ3v) is 3.43. The van der Waals surface area contributed by atoms with Gasteiger partial charge in [-0.25, -0.2) is 4.98 Å². The van der Waals surface area contributed by atoms with E-state index in [1.165, 1.54) is 4.88 Å². The zero-order chi connectivity index (χ0) is 9.31. The van der Waals surface area contributed by atoms with Crippen molar-refractivity contribution in [3.05, 3.63) is 28.2 Å². The molecule has 1 aromatic heterocycles. The number of allylic oxidation sites excluding steroid dienone is 2. The highest BCUT2D eigenvalue weighted by Crippen LogP contribution is 2.31. The first-order chi connectivity index (χ1) is 6.23. The lowest BCUT2D eigenvalue weighted by Crippen LogP contribution is -2.05. The Bertz CT molecular complexity index is 331. The van der Waals surface area contributed by atoms with Crippen molar-refractivity contribution in [3.63, 3.8) is 0 Å². The Kier molecular flexibility index (Phi) is 2.08. The van der Waals surface area contributed by atoms with Gasteiger partial charge in [0.2, 0.25) is 0 Å². The van der Waals surface area contributed by atoms with Gasteiger partial charge >= 0.3 is 0 Å². The first-order valence-corrected chi connectivity index (χ1v) is 5.43. The molecular formula is C11H13NS. The molecule has 13 heavy (non-hydrogen) atoms. The van der Waals surface area contributed by atoms with Crippen LogP contribution in [0.15, 0.2) is 17.7 Å². The van der Waals surface area contributed by atoms with E-state index in [4.69, 9.17) is 0 Å². The van der Waals surface area contributed by atoms with Crippen molar-refractivity contribution in [2.45, 2.75) is 20.3 Å². The second-order valence-electron chi connectivity index (χ2n) is 3.63. The van der Waals surface area contributed by atoms with Crippen molar-refractivity contribution in [2.75, 3.05) is 0 Å². The van der Waals surface area contributed by atoms with Crippen molar-refractivity contribution in [3.8, 4) is 0 Å². The maximum absolute atomic E-state index is 4.30.